The van der Waals surface area contributed by atoms with Crippen LogP contribution in [0.3, 0.4) is 0 Å². The lowest BCUT2D eigenvalue weighted by Gasteiger charge is -2.30. The first-order chi connectivity index (χ1) is 14.0. The highest BCUT2D eigenvalue weighted by molar-refractivity contribution is 7.91. The molecule has 3 rings (SSSR count). The summed E-state index contributed by atoms with van der Waals surface area (Å²) < 4.78 is 27.3. The van der Waals surface area contributed by atoms with Crippen molar-refractivity contribution in [2.75, 3.05) is 31.1 Å². The number of nitrogens with zero attached hydrogens (tertiary/aromatic N) is 2. The van der Waals surface area contributed by atoms with Crippen LogP contribution in [-0.2, 0) is 21.4 Å². The van der Waals surface area contributed by atoms with Crippen LogP contribution < -0.4 is 10.2 Å². The third-order valence-electron chi connectivity index (χ3n) is 5.38. The highest BCUT2D eigenvalue weighted by atomic mass is 32.2. The Morgan fingerprint density at radius 1 is 1.21 bits per heavy atom. The number of benzene rings is 1. The molecule has 1 aliphatic heterocycles. The molecule has 0 bridgehead atoms. The van der Waals surface area contributed by atoms with Crippen molar-refractivity contribution in [3.05, 3.63) is 47.3 Å². The van der Waals surface area contributed by atoms with Crippen LogP contribution in [-0.4, -0.2) is 44.8 Å². The highest BCUT2D eigenvalue weighted by Gasteiger charge is 2.33. The molecule has 1 fully saturated rings. The molecule has 1 saturated heterocycles. The molecular weight excluding hydrogens is 406 g/mol. The second-order valence-corrected chi connectivity index (χ2v) is 10.3. The third-order valence-corrected chi connectivity index (χ3v) is 8.61. The van der Waals surface area contributed by atoms with Crippen LogP contribution >= 0.6 is 11.3 Å². The smallest absolute Gasteiger partial charge is 0.252 e. The van der Waals surface area contributed by atoms with Crippen molar-refractivity contribution in [3.63, 3.8) is 0 Å². The molecule has 0 unspecified atom stereocenters. The van der Waals surface area contributed by atoms with E-state index < -0.39 is 10.0 Å². The van der Waals surface area contributed by atoms with Crippen molar-refractivity contribution in [2.24, 2.45) is 5.92 Å². The van der Waals surface area contributed by atoms with Gasteiger partial charge < -0.3 is 10.2 Å². The van der Waals surface area contributed by atoms with Gasteiger partial charge in [0.2, 0.25) is 5.91 Å². The zero-order valence-electron chi connectivity index (χ0n) is 17.0. The summed E-state index contributed by atoms with van der Waals surface area (Å²) in [5.74, 6) is -0.391. The minimum absolute atomic E-state index is 0.0797. The zero-order valence-corrected chi connectivity index (χ0v) is 18.6. The van der Waals surface area contributed by atoms with E-state index in [1.165, 1.54) is 21.3 Å². The first-order valence-corrected chi connectivity index (χ1v) is 12.4. The Morgan fingerprint density at radius 2 is 1.93 bits per heavy atom. The van der Waals surface area contributed by atoms with E-state index in [9.17, 15) is 13.2 Å². The van der Waals surface area contributed by atoms with Gasteiger partial charge in [-0.1, -0.05) is 18.2 Å². The normalized spacial score (nSPS) is 17.8. The number of hydrogen-bond donors (Lipinski definition) is 1. The van der Waals surface area contributed by atoms with Crippen LogP contribution in [0.4, 0.5) is 5.69 Å². The molecule has 6 nitrogen and oxygen atoms in total. The maximum Gasteiger partial charge on any atom is 0.252 e. The van der Waals surface area contributed by atoms with E-state index in [4.69, 9.17) is 0 Å². The van der Waals surface area contributed by atoms with E-state index in [2.05, 4.69) is 36.2 Å². The number of anilines is 1. The molecule has 1 aromatic heterocycles. The number of hydrogen-bond acceptors (Lipinski definition) is 5. The highest BCUT2D eigenvalue weighted by Crippen LogP contribution is 2.26. The monoisotopic (exact) mass is 435 g/mol. The van der Waals surface area contributed by atoms with Crippen molar-refractivity contribution in [3.8, 4) is 0 Å². The van der Waals surface area contributed by atoms with Gasteiger partial charge in [0.1, 0.15) is 4.21 Å². The van der Waals surface area contributed by atoms with E-state index in [0.29, 0.717) is 30.1 Å². The maximum atomic E-state index is 12.7. The van der Waals surface area contributed by atoms with Crippen LogP contribution in [0.1, 0.15) is 32.3 Å². The fraction of sp³-hybridized carbons (Fsp3) is 0.476. The average molecular weight is 436 g/mol. The summed E-state index contributed by atoms with van der Waals surface area (Å²) in [6.45, 7) is 7.33. The first kappa shape index (κ1) is 21.8. The lowest BCUT2D eigenvalue weighted by atomic mass is 9.98. The number of carbonyl (C=O) groups is 1. The third kappa shape index (κ3) is 5.18. The summed E-state index contributed by atoms with van der Waals surface area (Å²) in [6.07, 6.45) is 1.41. The number of nitrogens with one attached hydrogen (secondary N) is 1. The summed E-state index contributed by atoms with van der Waals surface area (Å²) in [5, 5.41) is 4.74. The maximum absolute atomic E-state index is 12.7. The topological polar surface area (TPSA) is 69.7 Å². The van der Waals surface area contributed by atoms with Crippen LogP contribution in [0.15, 0.2) is 46.0 Å². The first-order valence-electron chi connectivity index (χ1n) is 10.1. The lowest BCUT2D eigenvalue weighted by molar-refractivity contribution is -0.126. The second-order valence-electron chi connectivity index (χ2n) is 7.19. The lowest BCUT2D eigenvalue weighted by Crippen LogP contribution is -2.45. The van der Waals surface area contributed by atoms with Gasteiger partial charge in [0.05, 0.1) is 5.92 Å². The van der Waals surface area contributed by atoms with Gasteiger partial charge in [0.25, 0.3) is 10.0 Å². The molecule has 0 spiro atoms. The fourth-order valence-electron chi connectivity index (χ4n) is 3.66. The number of rotatable bonds is 8. The van der Waals surface area contributed by atoms with Gasteiger partial charge in [-0.15, -0.1) is 11.3 Å². The number of carbonyl (C=O) groups excluding carboxylic acids is 1. The minimum atomic E-state index is -3.50. The summed E-state index contributed by atoms with van der Waals surface area (Å²) >= 11 is 1.21. The quantitative estimate of drug-likeness (QED) is 0.691. The molecule has 29 heavy (non-hydrogen) atoms. The van der Waals surface area contributed by atoms with Crippen LogP contribution in [0, 0.1) is 5.92 Å². The largest absolute Gasteiger partial charge is 0.372 e. The number of thiophene rings is 1. The van der Waals surface area contributed by atoms with E-state index in [1.54, 1.807) is 17.5 Å². The standard InChI is InChI=1S/C21H29N3O3S2/c1-3-23(4-2)19-11-9-17(10-12-19)15-22-21(25)18-7-5-13-24(16-18)29(26,27)20-8-6-14-28-20/h6,8-12,14,18H,3-5,7,13,15-16H2,1-2H3,(H,22,25)/t18-/m1/s1. The van der Waals surface area contributed by atoms with Crippen molar-refractivity contribution in [1.82, 2.24) is 9.62 Å². The van der Waals surface area contributed by atoms with Crippen LogP contribution in [0.25, 0.3) is 0 Å². The Labute approximate surface area is 177 Å². The van der Waals surface area contributed by atoms with Crippen molar-refractivity contribution >= 4 is 33.0 Å². The summed E-state index contributed by atoms with van der Waals surface area (Å²) in [6, 6.07) is 11.6. The number of piperidine rings is 1. The Kier molecular flexibility index (Phi) is 7.32. The molecule has 2 heterocycles. The molecule has 1 amide bonds. The molecular formula is C21H29N3O3S2. The Balaban J connectivity index is 1.57. The van der Waals surface area contributed by atoms with Crippen LogP contribution in [0.2, 0.25) is 0 Å². The van der Waals surface area contributed by atoms with Crippen LogP contribution in [0.5, 0.6) is 0 Å². The van der Waals surface area contributed by atoms with Gasteiger partial charge in [0, 0.05) is 38.4 Å². The minimum Gasteiger partial charge on any atom is -0.372 e. The number of sulfonamides is 1. The molecule has 0 radical (unpaired) electrons. The SMILES string of the molecule is CCN(CC)c1ccc(CNC(=O)[C@@H]2CCCN(S(=O)(=O)c3cccs3)C2)cc1. The van der Waals surface area contributed by atoms with Gasteiger partial charge in [-0.3, -0.25) is 4.79 Å². The van der Waals surface area contributed by atoms with Gasteiger partial charge >= 0.3 is 0 Å². The van der Waals surface area contributed by atoms with Gasteiger partial charge in [-0.05, 0) is 55.8 Å². The summed E-state index contributed by atoms with van der Waals surface area (Å²) in [4.78, 5) is 14.9. The molecule has 8 heteroatoms. The molecule has 158 valence electrons. The average Bonchev–Trinajstić information content (AvgIpc) is 3.30. The predicted molar refractivity (Wildman–Crippen MR) is 118 cm³/mol. The van der Waals surface area contributed by atoms with E-state index in [0.717, 1.165) is 18.7 Å². The Morgan fingerprint density at radius 3 is 2.55 bits per heavy atom. The molecule has 1 N–H and O–H groups in total. The molecule has 1 aliphatic rings. The molecule has 1 atom stereocenters. The van der Waals surface area contributed by atoms with Crippen molar-refractivity contribution < 1.29 is 13.2 Å². The van der Waals surface area contributed by atoms with Gasteiger partial charge in [-0.2, -0.15) is 4.31 Å². The Bertz CT molecular complexity index is 892. The second kappa shape index (κ2) is 9.73. The van der Waals surface area contributed by atoms with E-state index in [-0.39, 0.29) is 18.4 Å². The molecule has 0 aliphatic carbocycles. The van der Waals surface area contributed by atoms with E-state index in [1.807, 2.05) is 12.1 Å². The van der Waals surface area contributed by atoms with Crippen molar-refractivity contribution in [2.45, 2.75) is 37.4 Å². The predicted octanol–water partition coefficient (Wildman–Crippen LogP) is 3.31. The molecule has 0 saturated carbocycles. The van der Waals surface area contributed by atoms with Gasteiger partial charge in [0.15, 0.2) is 0 Å². The van der Waals surface area contributed by atoms with Gasteiger partial charge in [-0.25, -0.2) is 8.42 Å². The molecule has 1 aromatic carbocycles. The molecule has 2 aromatic rings. The summed E-state index contributed by atoms with van der Waals surface area (Å²) in [7, 11) is -3.50. The fourth-order valence-corrected chi connectivity index (χ4v) is 6.33. The van der Waals surface area contributed by atoms with Crippen molar-refractivity contribution in [1.29, 1.82) is 0 Å². The number of amides is 1. The van der Waals surface area contributed by atoms with E-state index >= 15 is 0 Å². The Hall–Kier alpha value is -1.90. The summed E-state index contributed by atoms with van der Waals surface area (Å²) in [5.41, 5.74) is 2.21. The zero-order chi connectivity index (χ0) is 20.9.